The van der Waals surface area contributed by atoms with Crippen molar-refractivity contribution in [1.82, 2.24) is 25.3 Å². The highest BCUT2D eigenvalue weighted by molar-refractivity contribution is 7.11. The zero-order valence-electron chi connectivity index (χ0n) is 11.7. The van der Waals surface area contributed by atoms with Crippen molar-refractivity contribution >= 4 is 17.2 Å². The van der Waals surface area contributed by atoms with E-state index in [0.29, 0.717) is 11.4 Å². The van der Waals surface area contributed by atoms with Crippen LogP contribution in [0.25, 0.3) is 0 Å². The van der Waals surface area contributed by atoms with E-state index in [-0.39, 0.29) is 11.9 Å². The lowest BCUT2D eigenvalue weighted by Crippen LogP contribution is -2.31. The predicted octanol–water partition coefficient (Wildman–Crippen LogP) is 2.02. The number of H-pyrrole nitrogens is 1. The molecule has 0 aliphatic carbocycles. The van der Waals surface area contributed by atoms with Gasteiger partial charge in [-0.2, -0.15) is 15.4 Å². The number of hydrogen-bond acceptors (Lipinski definition) is 5. The largest absolute Gasteiger partial charge is 0.332 e. The first-order chi connectivity index (χ1) is 8.91. The van der Waals surface area contributed by atoms with Crippen LogP contribution in [0.4, 0.5) is 0 Å². The number of hydrogen-bond donors (Lipinski definition) is 1. The third-order valence-electron chi connectivity index (χ3n) is 3.16. The van der Waals surface area contributed by atoms with Crippen LogP contribution in [0.3, 0.4) is 0 Å². The summed E-state index contributed by atoms with van der Waals surface area (Å²) in [4.78, 5) is 19.6. The molecule has 102 valence electrons. The minimum atomic E-state index is -0.149. The zero-order chi connectivity index (χ0) is 14.2. The highest BCUT2D eigenvalue weighted by Gasteiger charge is 2.25. The molecule has 6 nitrogen and oxygen atoms in total. The number of nitrogens with zero attached hydrogens (tertiary/aromatic N) is 4. The maximum Gasteiger partial charge on any atom is 0.276 e. The first-order valence-corrected chi connectivity index (χ1v) is 6.82. The van der Waals surface area contributed by atoms with Gasteiger partial charge in [-0.3, -0.25) is 4.79 Å². The summed E-state index contributed by atoms with van der Waals surface area (Å²) >= 11 is 1.64. The molecule has 1 atom stereocenters. The molecule has 1 amide bonds. The van der Waals surface area contributed by atoms with Gasteiger partial charge in [0.25, 0.3) is 5.91 Å². The quantitative estimate of drug-likeness (QED) is 0.932. The fraction of sp³-hybridized carbons (Fsp3) is 0.500. The van der Waals surface area contributed by atoms with Crippen molar-refractivity contribution in [2.24, 2.45) is 0 Å². The minimum absolute atomic E-state index is 0.0893. The molecule has 2 aromatic heterocycles. The van der Waals surface area contributed by atoms with E-state index in [2.05, 4.69) is 20.4 Å². The van der Waals surface area contributed by atoms with Gasteiger partial charge in [0.15, 0.2) is 5.69 Å². The van der Waals surface area contributed by atoms with Gasteiger partial charge in [-0.25, -0.2) is 4.98 Å². The van der Waals surface area contributed by atoms with Crippen LogP contribution < -0.4 is 0 Å². The van der Waals surface area contributed by atoms with Gasteiger partial charge in [0.2, 0.25) is 0 Å². The molecule has 0 aromatic carbocycles. The maximum absolute atomic E-state index is 12.3. The van der Waals surface area contributed by atoms with Gasteiger partial charge in [0.1, 0.15) is 0 Å². The Bertz CT molecular complexity index is 603. The SMILES string of the molecule is Cc1nc(C(C)N(C)C(=O)c2n[nH]nc2C)c(C)s1. The normalized spacial score (nSPS) is 12.5. The molecule has 0 aliphatic rings. The number of aromatic amines is 1. The molecule has 0 aliphatic heterocycles. The van der Waals surface area contributed by atoms with Gasteiger partial charge in [-0.05, 0) is 27.7 Å². The summed E-state index contributed by atoms with van der Waals surface area (Å²) in [5, 5.41) is 11.3. The van der Waals surface area contributed by atoms with Crippen LogP contribution in [0.15, 0.2) is 0 Å². The van der Waals surface area contributed by atoms with E-state index < -0.39 is 0 Å². The second kappa shape index (κ2) is 5.08. The molecule has 7 heteroatoms. The summed E-state index contributed by atoms with van der Waals surface area (Å²) in [6, 6.07) is -0.0893. The van der Waals surface area contributed by atoms with Crippen LogP contribution in [0.5, 0.6) is 0 Å². The lowest BCUT2D eigenvalue weighted by molar-refractivity contribution is 0.0733. The van der Waals surface area contributed by atoms with E-state index in [1.807, 2.05) is 20.8 Å². The van der Waals surface area contributed by atoms with Gasteiger partial charge < -0.3 is 4.90 Å². The fourth-order valence-electron chi connectivity index (χ4n) is 1.95. The molecular weight excluding hydrogens is 262 g/mol. The van der Waals surface area contributed by atoms with Crippen LogP contribution in [-0.2, 0) is 0 Å². The summed E-state index contributed by atoms with van der Waals surface area (Å²) in [5.74, 6) is -0.149. The second-order valence-corrected chi connectivity index (χ2v) is 5.93. The average molecular weight is 279 g/mol. The minimum Gasteiger partial charge on any atom is -0.332 e. The fourth-order valence-corrected chi connectivity index (χ4v) is 2.85. The smallest absolute Gasteiger partial charge is 0.276 e. The van der Waals surface area contributed by atoms with Crippen molar-refractivity contribution in [3.63, 3.8) is 0 Å². The third kappa shape index (κ3) is 2.51. The highest BCUT2D eigenvalue weighted by Crippen LogP contribution is 2.26. The third-order valence-corrected chi connectivity index (χ3v) is 4.06. The summed E-state index contributed by atoms with van der Waals surface area (Å²) in [6.07, 6.45) is 0. The van der Waals surface area contributed by atoms with Gasteiger partial charge >= 0.3 is 0 Å². The van der Waals surface area contributed by atoms with Gasteiger partial charge in [0, 0.05) is 11.9 Å². The maximum atomic E-state index is 12.3. The number of amides is 1. The molecule has 0 bridgehead atoms. The predicted molar refractivity (Wildman–Crippen MR) is 73.2 cm³/mol. The van der Waals surface area contributed by atoms with E-state index in [4.69, 9.17) is 0 Å². The molecule has 0 radical (unpaired) electrons. The Kier molecular flexibility index (Phi) is 3.66. The number of nitrogens with one attached hydrogen (secondary N) is 1. The summed E-state index contributed by atoms with van der Waals surface area (Å²) in [5.41, 5.74) is 1.91. The number of carbonyl (C=O) groups excluding carboxylic acids is 1. The number of thiazole rings is 1. The van der Waals surface area contributed by atoms with Gasteiger partial charge in [-0.15, -0.1) is 11.3 Å². The summed E-state index contributed by atoms with van der Waals surface area (Å²) in [7, 11) is 1.76. The molecule has 1 unspecified atom stereocenters. The Morgan fingerprint density at radius 3 is 2.47 bits per heavy atom. The Hall–Kier alpha value is -1.76. The number of aryl methyl sites for hydroxylation is 3. The standard InChI is InChI=1S/C12H17N5OS/c1-6-10(15-16-14-6)12(18)17(5)7(2)11-8(3)19-9(4)13-11/h7H,1-5H3,(H,14,15,16). The Labute approximate surface area is 115 Å². The van der Waals surface area contributed by atoms with Crippen molar-refractivity contribution < 1.29 is 4.79 Å². The van der Waals surface area contributed by atoms with E-state index >= 15 is 0 Å². The van der Waals surface area contributed by atoms with E-state index in [1.54, 1.807) is 30.2 Å². The van der Waals surface area contributed by atoms with Crippen LogP contribution in [-0.4, -0.2) is 38.2 Å². The van der Waals surface area contributed by atoms with Crippen molar-refractivity contribution in [1.29, 1.82) is 0 Å². The molecule has 0 fully saturated rings. The highest BCUT2D eigenvalue weighted by atomic mass is 32.1. The Morgan fingerprint density at radius 2 is 2.00 bits per heavy atom. The molecule has 19 heavy (non-hydrogen) atoms. The van der Waals surface area contributed by atoms with Gasteiger partial charge in [0.05, 0.1) is 22.4 Å². The van der Waals surface area contributed by atoms with E-state index in [1.165, 1.54) is 0 Å². The van der Waals surface area contributed by atoms with E-state index in [9.17, 15) is 4.79 Å². The van der Waals surface area contributed by atoms with Crippen LogP contribution in [0.1, 0.15) is 44.7 Å². The van der Waals surface area contributed by atoms with Crippen molar-refractivity contribution in [3.8, 4) is 0 Å². The molecule has 2 rings (SSSR count). The average Bonchev–Trinajstić information content (AvgIpc) is 2.92. The van der Waals surface area contributed by atoms with Gasteiger partial charge in [-0.1, -0.05) is 0 Å². The number of aromatic nitrogens is 4. The lowest BCUT2D eigenvalue weighted by atomic mass is 10.1. The molecule has 0 spiro atoms. The molecule has 0 saturated heterocycles. The molecule has 2 heterocycles. The Morgan fingerprint density at radius 1 is 1.32 bits per heavy atom. The molecular formula is C12H17N5OS. The number of carbonyl (C=O) groups is 1. The first kappa shape index (κ1) is 13.7. The van der Waals surface area contributed by atoms with Crippen LogP contribution >= 0.6 is 11.3 Å². The van der Waals surface area contributed by atoms with Crippen LogP contribution in [0.2, 0.25) is 0 Å². The second-order valence-electron chi connectivity index (χ2n) is 4.52. The topological polar surface area (TPSA) is 74.8 Å². The van der Waals surface area contributed by atoms with Crippen molar-refractivity contribution in [2.45, 2.75) is 33.7 Å². The zero-order valence-corrected chi connectivity index (χ0v) is 12.5. The molecule has 2 aromatic rings. The Balaban J connectivity index is 2.24. The van der Waals surface area contributed by atoms with Crippen molar-refractivity contribution in [3.05, 3.63) is 27.0 Å². The monoisotopic (exact) mass is 279 g/mol. The number of rotatable bonds is 3. The lowest BCUT2D eigenvalue weighted by Gasteiger charge is -2.23. The summed E-state index contributed by atoms with van der Waals surface area (Å²) in [6.45, 7) is 7.72. The molecule has 0 saturated carbocycles. The molecule has 1 N–H and O–H groups in total. The van der Waals surface area contributed by atoms with Crippen molar-refractivity contribution in [2.75, 3.05) is 7.05 Å². The van der Waals surface area contributed by atoms with Crippen LogP contribution in [0, 0.1) is 20.8 Å². The first-order valence-electron chi connectivity index (χ1n) is 6.00. The van der Waals surface area contributed by atoms with E-state index in [0.717, 1.165) is 15.6 Å². The summed E-state index contributed by atoms with van der Waals surface area (Å²) < 4.78 is 0.